The normalized spacial score (nSPS) is 22.4. The van der Waals surface area contributed by atoms with Gasteiger partial charge in [0.2, 0.25) is 0 Å². The van der Waals surface area contributed by atoms with E-state index in [0.29, 0.717) is 17.8 Å². The highest BCUT2D eigenvalue weighted by Gasteiger charge is 2.24. The van der Waals surface area contributed by atoms with Gasteiger partial charge >= 0.3 is 5.97 Å². The third-order valence-electron chi connectivity index (χ3n) is 3.71. The van der Waals surface area contributed by atoms with E-state index in [-0.39, 0.29) is 5.56 Å². The Morgan fingerprint density at radius 1 is 1.47 bits per heavy atom. The van der Waals surface area contributed by atoms with Crippen LogP contribution in [0.25, 0.3) is 0 Å². The van der Waals surface area contributed by atoms with Crippen molar-refractivity contribution in [2.75, 3.05) is 18.2 Å². The Kier molecular flexibility index (Phi) is 3.95. The summed E-state index contributed by atoms with van der Waals surface area (Å²) in [4.78, 5) is 11.1. The lowest BCUT2D eigenvalue weighted by Crippen LogP contribution is -2.18. The highest BCUT2D eigenvalue weighted by atomic mass is 16.5. The maximum Gasteiger partial charge on any atom is 0.337 e. The van der Waals surface area contributed by atoms with Crippen LogP contribution in [0.5, 0.6) is 0 Å². The Bertz CT molecular complexity index is 488. The number of ether oxygens (including phenoxy) is 1. The molecule has 5 heteroatoms. The zero-order chi connectivity index (χ0) is 14.0. The van der Waals surface area contributed by atoms with Crippen LogP contribution in [0.3, 0.4) is 0 Å². The Morgan fingerprint density at radius 2 is 2.21 bits per heavy atom. The van der Waals surface area contributed by atoms with Gasteiger partial charge in [-0.2, -0.15) is 0 Å². The molecule has 1 aliphatic carbocycles. The van der Waals surface area contributed by atoms with Crippen molar-refractivity contribution in [1.29, 1.82) is 0 Å². The first-order valence-corrected chi connectivity index (χ1v) is 6.44. The number of nitrogens with one attached hydrogen (secondary N) is 1. The Balaban J connectivity index is 2.15. The summed E-state index contributed by atoms with van der Waals surface area (Å²) in [5.41, 5.74) is 7.86. The lowest BCUT2D eigenvalue weighted by atomic mass is 10.1. The first kappa shape index (κ1) is 13.7. The lowest BCUT2D eigenvalue weighted by molar-refractivity contribution is 0.0698. The van der Waals surface area contributed by atoms with E-state index in [0.717, 1.165) is 30.5 Å². The molecule has 2 unspecified atom stereocenters. The summed E-state index contributed by atoms with van der Waals surface area (Å²) in [5, 5.41) is 12.5. The minimum atomic E-state index is -0.995. The van der Waals surface area contributed by atoms with Crippen molar-refractivity contribution in [3.05, 3.63) is 23.3 Å². The van der Waals surface area contributed by atoms with Crippen molar-refractivity contribution in [1.82, 2.24) is 0 Å². The summed E-state index contributed by atoms with van der Waals surface area (Å²) in [6.45, 7) is 1.82. The SMILES string of the molecule is COC1CCC(Nc2cc(C)c(N)c(C(=O)O)c2)C1. The minimum Gasteiger partial charge on any atom is -0.478 e. The fraction of sp³-hybridized carbons (Fsp3) is 0.500. The fourth-order valence-electron chi connectivity index (χ4n) is 2.58. The van der Waals surface area contributed by atoms with Crippen LogP contribution in [0.4, 0.5) is 11.4 Å². The molecule has 4 N–H and O–H groups in total. The molecule has 0 radical (unpaired) electrons. The van der Waals surface area contributed by atoms with Crippen molar-refractivity contribution in [3.8, 4) is 0 Å². The molecule has 5 nitrogen and oxygen atoms in total. The summed E-state index contributed by atoms with van der Waals surface area (Å²) >= 11 is 0. The van der Waals surface area contributed by atoms with Crippen LogP contribution in [0, 0.1) is 6.92 Å². The van der Waals surface area contributed by atoms with E-state index in [1.165, 1.54) is 0 Å². The van der Waals surface area contributed by atoms with Crippen LogP contribution in [0.2, 0.25) is 0 Å². The number of methoxy groups -OCH3 is 1. The molecular weight excluding hydrogens is 244 g/mol. The molecule has 1 saturated carbocycles. The van der Waals surface area contributed by atoms with Crippen LogP contribution >= 0.6 is 0 Å². The quantitative estimate of drug-likeness (QED) is 0.726. The molecule has 1 aromatic carbocycles. The third-order valence-corrected chi connectivity index (χ3v) is 3.71. The number of aryl methyl sites for hydroxylation is 1. The maximum atomic E-state index is 11.1. The zero-order valence-electron chi connectivity index (χ0n) is 11.3. The summed E-state index contributed by atoms with van der Waals surface area (Å²) in [6, 6.07) is 3.82. The molecular formula is C14H20N2O3. The summed E-state index contributed by atoms with van der Waals surface area (Å²) in [7, 11) is 1.73. The number of carbonyl (C=O) groups is 1. The number of hydrogen-bond donors (Lipinski definition) is 3. The number of carboxylic acid groups (broad SMARTS) is 1. The van der Waals surface area contributed by atoms with Gasteiger partial charge in [0.1, 0.15) is 0 Å². The number of benzene rings is 1. The Hall–Kier alpha value is -1.75. The summed E-state index contributed by atoms with van der Waals surface area (Å²) in [6.07, 6.45) is 3.31. The van der Waals surface area contributed by atoms with E-state index >= 15 is 0 Å². The minimum absolute atomic E-state index is 0.156. The zero-order valence-corrected chi connectivity index (χ0v) is 11.3. The van der Waals surface area contributed by atoms with Crippen LogP contribution in [0.15, 0.2) is 12.1 Å². The van der Waals surface area contributed by atoms with Gasteiger partial charge in [0.25, 0.3) is 0 Å². The Labute approximate surface area is 112 Å². The number of carboxylic acids is 1. The number of nitrogens with two attached hydrogens (primary N) is 1. The predicted octanol–water partition coefficient (Wildman–Crippen LogP) is 2.25. The lowest BCUT2D eigenvalue weighted by Gasteiger charge is -2.16. The van der Waals surface area contributed by atoms with E-state index in [9.17, 15) is 4.79 Å². The monoisotopic (exact) mass is 264 g/mol. The van der Waals surface area contributed by atoms with E-state index in [2.05, 4.69) is 5.32 Å². The molecule has 2 atom stereocenters. The molecule has 0 spiro atoms. The number of rotatable bonds is 4. The Morgan fingerprint density at radius 3 is 2.79 bits per heavy atom. The highest BCUT2D eigenvalue weighted by molar-refractivity contribution is 5.95. The second-order valence-corrected chi connectivity index (χ2v) is 5.07. The average Bonchev–Trinajstić information content (AvgIpc) is 2.81. The van der Waals surface area contributed by atoms with Gasteiger partial charge in [0, 0.05) is 24.5 Å². The third kappa shape index (κ3) is 2.98. The smallest absolute Gasteiger partial charge is 0.337 e. The van der Waals surface area contributed by atoms with Crippen LogP contribution < -0.4 is 11.1 Å². The van der Waals surface area contributed by atoms with E-state index in [1.807, 2.05) is 13.0 Å². The first-order valence-electron chi connectivity index (χ1n) is 6.44. The van der Waals surface area contributed by atoms with Gasteiger partial charge < -0.3 is 20.9 Å². The van der Waals surface area contributed by atoms with Crippen LogP contribution in [-0.2, 0) is 4.74 Å². The number of anilines is 2. The van der Waals surface area contributed by atoms with Gasteiger partial charge in [-0.3, -0.25) is 0 Å². The molecule has 0 amide bonds. The molecule has 104 valence electrons. The average molecular weight is 264 g/mol. The van der Waals surface area contributed by atoms with Gasteiger partial charge in [-0.15, -0.1) is 0 Å². The first-order chi connectivity index (χ1) is 9.01. The summed E-state index contributed by atoms with van der Waals surface area (Å²) in [5.74, 6) is -0.995. The molecule has 0 aliphatic heterocycles. The van der Waals surface area contributed by atoms with Crippen molar-refractivity contribution in [3.63, 3.8) is 0 Å². The second kappa shape index (κ2) is 5.48. The van der Waals surface area contributed by atoms with Crippen molar-refractivity contribution in [2.24, 2.45) is 0 Å². The second-order valence-electron chi connectivity index (χ2n) is 5.07. The molecule has 1 aliphatic rings. The standard InChI is InChI=1S/C14H20N2O3/c1-8-5-10(7-12(13(8)15)14(17)18)16-9-3-4-11(6-9)19-2/h5,7,9,11,16H,3-4,6,15H2,1-2H3,(H,17,18). The molecule has 19 heavy (non-hydrogen) atoms. The number of nitrogen functional groups attached to an aromatic ring is 1. The molecule has 0 aromatic heterocycles. The largest absolute Gasteiger partial charge is 0.478 e. The molecule has 0 bridgehead atoms. The van der Waals surface area contributed by atoms with Crippen LogP contribution in [-0.4, -0.2) is 30.3 Å². The molecule has 0 heterocycles. The number of aromatic carboxylic acids is 1. The van der Waals surface area contributed by atoms with E-state index in [4.69, 9.17) is 15.6 Å². The van der Waals surface area contributed by atoms with Crippen molar-refractivity contribution < 1.29 is 14.6 Å². The van der Waals surface area contributed by atoms with E-state index < -0.39 is 5.97 Å². The van der Waals surface area contributed by atoms with Crippen molar-refractivity contribution >= 4 is 17.3 Å². The van der Waals surface area contributed by atoms with Gasteiger partial charge in [0.15, 0.2) is 0 Å². The molecule has 1 aromatic rings. The van der Waals surface area contributed by atoms with Gasteiger partial charge in [-0.05, 0) is 43.9 Å². The van der Waals surface area contributed by atoms with Gasteiger partial charge in [-0.1, -0.05) is 0 Å². The van der Waals surface area contributed by atoms with Gasteiger partial charge in [-0.25, -0.2) is 4.79 Å². The molecule has 1 fully saturated rings. The molecule has 2 rings (SSSR count). The predicted molar refractivity (Wildman–Crippen MR) is 74.6 cm³/mol. The fourth-order valence-corrected chi connectivity index (χ4v) is 2.58. The number of hydrogen-bond acceptors (Lipinski definition) is 4. The topological polar surface area (TPSA) is 84.6 Å². The van der Waals surface area contributed by atoms with Gasteiger partial charge in [0.05, 0.1) is 11.7 Å². The van der Waals surface area contributed by atoms with Crippen molar-refractivity contribution in [2.45, 2.75) is 38.3 Å². The summed E-state index contributed by atoms with van der Waals surface area (Å²) < 4.78 is 5.33. The highest BCUT2D eigenvalue weighted by Crippen LogP contribution is 2.28. The van der Waals surface area contributed by atoms with E-state index in [1.54, 1.807) is 13.2 Å². The molecule has 0 saturated heterocycles. The maximum absolute atomic E-state index is 11.1. The van der Waals surface area contributed by atoms with Crippen LogP contribution in [0.1, 0.15) is 35.2 Å².